The number of sulfonamides is 2. The topological polar surface area (TPSA) is 660 Å². The van der Waals surface area contributed by atoms with Crippen LogP contribution in [0.3, 0.4) is 0 Å². The van der Waals surface area contributed by atoms with Gasteiger partial charge in [0.2, 0.25) is 72.3 Å². The van der Waals surface area contributed by atoms with Gasteiger partial charge in [0.05, 0.1) is 53.2 Å². The number of carboxylic acid groups (broad SMARTS) is 3. The number of aryl methyl sites for hydroxylation is 8. The lowest BCUT2D eigenvalue weighted by molar-refractivity contribution is -0.140. The van der Waals surface area contributed by atoms with E-state index in [-0.39, 0.29) is 246 Å². The fourth-order valence-electron chi connectivity index (χ4n) is 16.9. The number of benzene rings is 4. The molecule has 1 aliphatic heterocycles. The van der Waals surface area contributed by atoms with Crippen molar-refractivity contribution in [2.75, 3.05) is 168 Å². The second-order valence-electron chi connectivity index (χ2n) is 36.5. The molecule has 3 atom stereocenters. The van der Waals surface area contributed by atoms with Crippen LogP contribution in [0, 0.1) is 41.5 Å². The summed E-state index contributed by atoms with van der Waals surface area (Å²) in [4.78, 5) is 219. The number of imidazole rings is 2. The van der Waals surface area contributed by atoms with Crippen LogP contribution in [0.4, 0.5) is 11.9 Å². The third kappa shape index (κ3) is 39.6. The highest BCUT2D eigenvalue weighted by Gasteiger charge is 2.33. The van der Waals surface area contributed by atoms with Gasteiger partial charge in [0.15, 0.2) is 11.9 Å². The van der Waals surface area contributed by atoms with Gasteiger partial charge in [-0.1, -0.05) is 47.5 Å². The number of aromatic nitrogens is 6. The maximum absolute atomic E-state index is 14.1. The number of anilines is 2. The number of carbonyl (C=O) groups is 13. The molecular weight excluding hydrogens is 1980 g/mol. The summed E-state index contributed by atoms with van der Waals surface area (Å²) in [6.07, 6.45) is 10.4. The third-order valence-corrected chi connectivity index (χ3v) is 27.9. The van der Waals surface area contributed by atoms with Crippen molar-refractivity contribution in [3.8, 4) is 0 Å². The first kappa shape index (κ1) is 119. The van der Waals surface area contributed by atoms with Crippen molar-refractivity contribution in [1.29, 1.82) is 0 Å². The Labute approximate surface area is 862 Å². The molecule has 48 nitrogen and oxygen atoms in total. The molecule has 1 aliphatic rings. The number of hydrogen-bond acceptors (Lipinski definition) is 30. The molecule has 50 heteroatoms. The molecule has 1 fully saturated rings. The zero-order valence-corrected chi connectivity index (χ0v) is 86.6. The molecule has 19 N–H and O–H groups in total. The Morgan fingerprint density at radius 2 is 0.785 bits per heavy atom. The van der Waals surface area contributed by atoms with E-state index in [1.54, 1.807) is 149 Å². The number of aliphatic carboxylic acids is 3. The van der Waals surface area contributed by atoms with Crippen LogP contribution in [0.15, 0.2) is 117 Å². The van der Waals surface area contributed by atoms with Crippen LogP contribution in [0.25, 0.3) is 21.8 Å². The Hall–Kier alpha value is -13.8. The second kappa shape index (κ2) is 60.0. The number of H-pyrrole nitrogens is 2. The Bertz CT molecular complexity index is 6280. The lowest BCUT2D eigenvalue weighted by Crippen LogP contribution is -2.52. The summed E-state index contributed by atoms with van der Waals surface area (Å²) in [6.45, 7) is 13.3. The summed E-state index contributed by atoms with van der Waals surface area (Å²) in [7, 11) is -8.65. The monoisotopic (exact) mass is 2110 g/mol. The molecular formula is C99H139N23O25S2. The number of fused-ring (bicyclic) bond motifs is 2. The number of rotatable bonds is 62. The first-order chi connectivity index (χ1) is 71.1. The predicted molar refractivity (Wildman–Crippen MR) is 551 cm³/mol. The smallest absolute Gasteiger partial charge is 0.323 e. The lowest BCUT2D eigenvalue weighted by atomic mass is 10.1. The number of aliphatic hydroxyl groups is 1. The first-order valence-corrected chi connectivity index (χ1v) is 52.4. The third-order valence-electron chi connectivity index (χ3n) is 24.4. The lowest BCUT2D eigenvalue weighted by Gasteiger charge is -2.32. The second-order valence-corrected chi connectivity index (χ2v) is 39.8. The Morgan fingerprint density at radius 1 is 0.430 bits per heavy atom. The average Bonchev–Trinajstić information content (AvgIpc) is 0.925. The van der Waals surface area contributed by atoms with Crippen LogP contribution >= 0.6 is 0 Å². The van der Waals surface area contributed by atoms with Crippen LogP contribution in [-0.4, -0.2) is 338 Å². The number of ether oxygens (including phenoxy) is 2. The Balaban J connectivity index is 0.683. The molecule has 8 aromatic rings. The number of pyridine rings is 2. The number of nitrogens with zero attached hydrogens (tertiary/aromatic N) is 8. The highest BCUT2D eigenvalue weighted by Crippen LogP contribution is 2.26. The number of carbonyl (C=O) groups excluding carboxylic acids is 10. The van der Waals surface area contributed by atoms with Gasteiger partial charge in [-0.3, -0.25) is 91.5 Å². The molecule has 0 aliphatic carbocycles. The number of Topliss-reactive ketones (excluding diaryl/α,β-unsaturated/α-hetero) is 1. The maximum Gasteiger partial charge on any atom is 0.323 e. The van der Waals surface area contributed by atoms with Crippen LogP contribution in [0.5, 0.6) is 0 Å². The van der Waals surface area contributed by atoms with E-state index >= 15 is 0 Å². The standard InChI is InChI=1S/C99H139N23O25S2/c1-64-48-66(3)92(67(4)49-64)148(142,143)115-78(70(7)124)56-110-94(137)75-58-121(80-52-71(14-16-73(80)90(75)135)54-112-98-106-30-31-107-98)34-8-24-100-83(126)21-23-86(129)104-28-12-46-147-47-13-29-105-96(139)77(114-87(130)60-117-36-37-118(61-88(131)132)38-39-119(62-89(133)134)41-43-120(63-123)42-40-117)18-19-82(125)102-26-10-44-146-45-11-27-103-85(128)22-20-84(127)101-25-9-35-122-59-76(91(136)74-17-15-72(53-81(74)122)55-113-99-108-32-33-109-99)95(138)111-57-79(97(140)141)116-149(144,145)93-68(5)50-65(2)51-69(93)6/h14-17,30-33,48-53,58-59,77-79,115-116,123H,8-13,18-29,34-47,54-57,60-63H2,1-7H3,(H,100,126)(H,101,127)(H,102,125)(H,103,128)(H,104,129)(H,105,139)(H,110,137)(H,111,138)(H,114,130)(H,131,132)(H,133,134)(H,140,141)(H2,106,107,112)(H2,108,109,113). The number of hydrogen-bond donors (Lipinski definition) is 19. The maximum atomic E-state index is 14.1. The van der Waals surface area contributed by atoms with Gasteiger partial charge in [0.25, 0.3) is 11.8 Å². The van der Waals surface area contributed by atoms with Gasteiger partial charge in [0.1, 0.15) is 29.0 Å². The SMILES string of the molecule is CC(=O)C(CNC(=O)c1cn(CCCNC(=O)CCC(=O)NCCCOCCCNC(=O)C(CCC(=O)NCCCOCCCNC(=O)CCC(=O)NCCCn2cc(C(=O)NCC(NS(=O)(=O)c3c(C)cc(C)cc3C)C(=O)O)c(=O)c3ccc(CNc4ncc[nH]4)cc32)NC(=O)CN2CCN(CO)CCN(CC(=O)O)CCN(CC(=O)O)CC2)c2cc(CNc3ncc[nH]3)ccc2c1=O)NS(=O)(=O)c1c(C)cc(C)cc1C. The normalized spacial score (nSPS) is 13.7. The van der Waals surface area contributed by atoms with Crippen LogP contribution in [-0.2, 0) is 108 Å². The average molecular weight is 2120 g/mol. The van der Waals surface area contributed by atoms with Gasteiger partial charge in [-0.15, -0.1) is 0 Å². The Morgan fingerprint density at radius 3 is 1.15 bits per heavy atom. The summed E-state index contributed by atoms with van der Waals surface area (Å²) < 4.78 is 73.8. The van der Waals surface area contributed by atoms with Crippen molar-refractivity contribution in [3.05, 3.63) is 174 Å². The van der Waals surface area contributed by atoms with Crippen LogP contribution < -0.4 is 78.8 Å². The molecule has 0 radical (unpaired) electrons. The molecule has 4 aromatic carbocycles. The minimum Gasteiger partial charge on any atom is -0.480 e. The minimum atomic E-state index is -4.40. The van der Waals surface area contributed by atoms with E-state index in [1.165, 1.54) is 19.3 Å². The van der Waals surface area contributed by atoms with E-state index in [9.17, 15) is 109 Å². The zero-order chi connectivity index (χ0) is 108. The number of carboxylic acids is 3. The summed E-state index contributed by atoms with van der Waals surface area (Å²) in [5, 5.41) is 70.8. The van der Waals surface area contributed by atoms with Crippen molar-refractivity contribution in [2.45, 2.75) is 180 Å². The van der Waals surface area contributed by atoms with E-state index in [0.29, 0.717) is 90.4 Å². The molecule has 9 rings (SSSR count). The fourth-order valence-corrected chi connectivity index (χ4v) is 20.3. The van der Waals surface area contributed by atoms with E-state index in [0.717, 1.165) is 22.3 Å². The van der Waals surface area contributed by atoms with E-state index in [1.807, 2.05) is 6.92 Å². The van der Waals surface area contributed by atoms with Gasteiger partial charge in [-0.05, 0) is 151 Å². The van der Waals surface area contributed by atoms with Crippen molar-refractivity contribution in [1.82, 2.24) is 106 Å². The molecule has 0 spiro atoms. The molecule has 4 aromatic heterocycles. The van der Waals surface area contributed by atoms with E-state index in [4.69, 9.17) is 9.47 Å². The number of nitrogens with one attached hydrogen (secondary N) is 15. The van der Waals surface area contributed by atoms with Crippen molar-refractivity contribution < 1.29 is 109 Å². The van der Waals surface area contributed by atoms with Gasteiger partial charge in [-0.2, -0.15) is 9.44 Å². The van der Waals surface area contributed by atoms with Crippen molar-refractivity contribution in [3.63, 3.8) is 0 Å². The number of aromatic amines is 2. The number of amides is 9. The largest absolute Gasteiger partial charge is 0.480 e. The Kier molecular flexibility index (Phi) is 47.8. The van der Waals surface area contributed by atoms with Crippen LogP contribution in [0.2, 0.25) is 0 Å². The summed E-state index contributed by atoms with van der Waals surface area (Å²) >= 11 is 0. The highest BCUT2D eigenvalue weighted by atomic mass is 32.2. The van der Waals surface area contributed by atoms with Crippen molar-refractivity contribution in [2.24, 2.45) is 0 Å². The molecule has 149 heavy (non-hydrogen) atoms. The number of ketones is 1. The zero-order valence-electron chi connectivity index (χ0n) is 85.0. The van der Waals surface area contributed by atoms with Gasteiger partial charge >= 0.3 is 17.9 Å². The summed E-state index contributed by atoms with van der Waals surface area (Å²) in [5.74, 6) is -8.37. The molecule has 0 bridgehead atoms. The molecule has 9 amide bonds. The minimum absolute atomic E-state index is 0.00774. The highest BCUT2D eigenvalue weighted by molar-refractivity contribution is 7.90. The fraction of sp³-hybridized carbons (Fsp3) is 0.505. The number of aliphatic hydroxyl groups excluding tert-OH is 1. The van der Waals surface area contributed by atoms with Crippen LogP contribution in [0.1, 0.15) is 149 Å². The van der Waals surface area contributed by atoms with Gasteiger partial charge < -0.3 is 107 Å². The first-order valence-electron chi connectivity index (χ1n) is 49.4. The molecule has 0 saturated carbocycles. The van der Waals surface area contributed by atoms with Gasteiger partial charge in [-0.25, -0.2) is 26.8 Å². The van der Waals surface area contributed by atoms with Crippen molar-refractivity contribution >= 4 is 131 Å². The molecule has 5 heterocycles. The molecule has 1 saturated heterocycles. The quantitative estimate of drug-likeness (QED) is 0.0232. The predicted octanol–water partition coefficient (Wildman–Crippen LogP) is 0.602. The summed E-state index contributed by atoms with van der Waals surface area (Å²) in [5.41, 5.74) is 3.86. The molecule has 812 valence electrons. The molecule has 3 unspecified atom stereocenters. The van der Waals surface area contributed by atoms with Gasteiger partial charge in [0, 0.05) is 237 Å². The van der Waals surface area contributed by atoms with E-state index in [2.05, 4.69) is 87.9 Å². The summed E-state index contributed by atoms with van der Waals surface area (Å²) in [6, 6.07) is 12.4. The van der Waals surface area contributed by atoms with E-state index < -0.39 is 127 Å².